The number of benzene rings is 3. The molecule has 45 heavy (non-hydrogen) atoms. The van der Waals surface area contributed by atoms with Gasteiger partial charge in [-0.1, -0.05) is 35.9 Å². The molecule has 3 aromatic rings. The molecule has 2 N–H and O–H groups in total. The summed E-state index contributed by atoms with van der Waals surface area (Å²) in [6.45, 7) is 3.00. The Labute approximate surface area is 275 Å². The van der Waals surface area contributed by atoms with Crippen LogP contribution in [0.1, 0.15) is 59.9 Å². The number of carbonyl (C=O) groups excluding carboxylic acids is 2. The fourth-order valence-electron chi connectivity index (χ4n) is 6.54. The molecule has 0 spiro atoms. The van der Waals surface area contributed by atoms with Crippen molar-refractivity contribution in [3.05, 3.63) is 107 Å². The summed E-state index contributed by atoms with van der Waals surface area (Å²) in [6, 6.07) is 22.1. The Bertz CT molecular complexity index is 1640. The number of fused-ring (bicyclic) bond motifs is 1. The molecule has 0 bridgehead atoms. The van der Waals surface area contributed by atoms with E-state index in [4.69, 9.17) is 11.6 Å². The predicted octanol–water partition coefficient (Wildman–Crippen LogP) is 4.48. The number of likely N-dealkylation sites (tertiary alicyclic amines) is 1. The van der Waals surface area contributed by atoms with E-state index < -0.39 is 33.7 Å². The number of hydrogen-bond acceptors (Lipinski definition) is 5. The van der Waals surface area contributed by atoms with Crippen molar-refractivity contribution in [1.29, 1.82) is 0 Å². The minimum atomic E-state index is -3.12. The van der Waals surface area contributed by atoms with Crippen LogP contribution in [0.4, 0.5) is 0 Å². The number of halogens is 1. The predicted molar refractivity (Wildman–Crippen MR) is 180 cm³/mol. The molecule has 3 atom stereocenters. The summed E-state index contributed by atoms with van der Waals surface area (Å²) in [5.74, 6) is 0.416. The first-order valence-electron chi connectivity index (χ1n) is 15.7. The van der Waals surface area contributed by atoms with E-state index in [1.807, 2.05) is 66.0 Å². The summed E-state index contributed by atoms with van der Waals surface area (Å²) in [5, 5.41) is 7.74. The topological polar surface area (TPSA) is 95.6 Å². The molecule has 2 unspecified atom stereocenters. The quantitative estimate of drug-likeness (QED) is 0.303. The van der Waals surface area contributed by atoms with Gasteiger partial charge in [0.25, 0.3) is 0 Å². The summed E-state index contributed by atoms with van der Waals surface area (Å²) in [4.78, 5) is 29.6. The van der Waals surface area contributed by atoms with E-state index in [0.29, 0.717) is 30.5 Å². The number of piperidine rings is 1. The molecule has 237 valence electrons. The molecule has 0 aromatic heterocycles. The van der Waals surface area contributed by atoms with Crippen LogP contribution >= 0.6 is 11.6 Å². The van der Waals surface area contributed by atoms with E-state index in [2.05, 4.69) is 16.7 Å². The van der Waals surface area contributed by atoms with E-state index in [1.165, 1.54) is 6.26 Å². The zero-order valence-electron chi connectivity index (χ0n) is 25.5. The average molecular weight is 709 g/mol. The van der Waals surface area contributed by atoms with E-state index in [-0.39, 0.29) is 17.7 Å². The first-order valence-corrected chi connectivity index (χ1v) is 22.5. The van der Waals surface area contributed by atoms with Crippen LogP contribution in [-0.4, -0.2) is 64.0 Å². The van der Waals surface area contributed by atoms with Crippen molar-refractivity contribution in [1.82, 2.24) is 15.5 Å². The Morgan fingerprint density at radius 2 is 1.62 bits per heavy atom. The maximum atomic E-state index is 14.1. The number of nitrogens with zero attached hydrogens (tertiary/aromatic N) is 1. The molecule has 2 aliphatic heterocycles. The van der Waals surface area contributed by atoms with Gasteiger partial charge in [-0.25, -0.2) is 0 Å². The van der Waals surface area contributed by atoms with E-state index in [1.54, 1.807) is 12.1 Å². The summed E-state index contributed by atoms with van der Waals surface area (Å²) < 4.78 is 27.0. The molecule has 2 fully saturated rings. The van der Waals surface area contributed by atoms with E-state index in [9.17, 15) is 18.0 Å². The third-order valence-electron chi connectivity index (χ3n) is 9.18. The van der Waals surface area contributed by atoms with Gasteiger partial charge in [0, 0.05) is 11.6 Å². The average Bonchev–Trinajstić information content (AvgIpc) is 3.88. The number of hydrogen-bond donors (Lipinski definition) is 2. The van der Waals surface area contributed by atoms with Gasteiger partial charge in [-0.2, -0.15) is 0 Å². The van der Waals surface area contributed by atoms with Crippen LogP contribution in [0.2, 0.25) is 10.2 Å². The summed E-state index contributed by atoms with van der Waals surface area (Å²) in [6.07, 6.45) is 6.29. The number of amides is 2. The molecule has 1 radical (unpaired) electrons. The van der Waals surface area contributed by atoms with Crippen LogP contribution < -0.4 is 15.0 Å². The second-order valence-corrected chi connectivity index (χ2v) is 24.2. The van der Waals surface area contributed by atoms with Crippen molar-refractivity contribution in [2.24, 2.45) is 5.92 Å². The maximum absolute atomic E-state index is 14.1. The molecular formula is C35H40AsClN3O4S. The molecule has 1 saturated carbocycles. The zero-order valence-corrected chi connectivity index (χ0v) is 28.9. The number of nitrogens with one attached hydrogen (secondary N) is 2. The van der Waals surface area contributed by atoms with Gasteiger partial charge in [0.15, 0.2) is 0 Å². The molecule has 2 heterocycles. The van der Waals surface area contributed by atoms with Gasteiger partial charge in [-0.15, -0.1) is 0 Å². The van der Waals surface area contributed by atoms with Gasteiger partial charge in [0.1, 0.15) is 0 Å². The van der Waals surface area contributed by atoms with Gasteiger partial charge >= 0.3 is 217 Å². The Morgan fingerprint density at radius 1 is 0.956 bits per heavy atom. The third-order valence-corrected chi connectivity index (χ3v) is 20.8. The Balaban J connectivity index is 1.18. The standard InChI is InChI=1S/C35H40AsClN3O4S/c1-45(43,44)36(23-25-10-11-25)31-9-5-4-7-29(31)27-17-20-40(21-18-27)35(42)32(22-24-12-14-28(37)15-13-24)39-34(41)33-30-8-3-2-6-26(30)16-19-38-33/h2-9,12-15,19,25,27,32-33,38H,10-11,16-18,20-23H2,1H3,(H,39,41)/t32-,33?,36?/m1/s1. The number of rotatable bonds is 10. The van der Waals surface area contributed by atoms with Crippen molar-refractivity contribution >= 4 is 49.4 Å². The first kappa shape index (κ1) is 32.3. The van der Waals surface area contributed by atoms with Crippen LogP contribution in [0.15, 0.2) is 72.8 Å². The van der Waals surface area contributed by atoms with Gasteiger partial charge in [0.2, 0.25) is 0 Å². The zero-order chi connectivity index (χ0) is 31.6. The Hall–Kier alpha value is -2.64. The minimum absolute atomic E-state index is 0.101. The van der Waals surface area contributed by atoms with E-state index >= 15 is 0 Å². The molecular weight excluding hydrogens is 669 g/mol. The van der Waals surface area contributed by atoms with Gasteiger partial charge in [0.05, 0.1) is 0 Å². The second kappa shape index (κ2) is 14.0. The monoisotopic (exact) mass is 708 g/mol. The normalized spacial score (nSPS) is 20.2. The molecule has 1 saturated heterocycles. The van der Waals surface area contributed by atoms with Gasteiger partial charge < -0.3 is 0 Å². The summed E-state index contributed by atoms with van der Waals surface area (Å²) >= 11 is 3.83. The van der Waals surface area contributed by atoms with Crippen molar-refractivity contribution in [3.8, 4) is 0 Å². The molecule has 7 nitrogen and oxygen atoms in total. The van der Waals surface area contributed by atoms with E-state index in [0.717, 1.165) is 63.9 Å². The summed E-state index contributed by atoms with van der Waals surface area (Å²) in [7, 11) is -3.12. The van der Waals surface area contributed by atoms with Crippen LogP contribution in [0.3, 0.4) is 0 Å². The van der Waals surface area contributed by atoms with Crippen LogP contribution in [0, 0.1) is 12.5 Å². The fraction of sp³-hybridized carbons (Fsp3) is 0.400. The number of carbonyl (C=O) groups is 2. The van der Waals surface area contributed by atoms with Gasteiger partial charge in [-0.3, -0.25) is 0 Å². The molecule has 1 aliphatic carbocycles. The van der Waals surface area contributed by atoms with Crippen molar-refractivity contribution in [3.63, 3.8) is 0 Å². The van der Waals surface area contributed by atoms with Crippen molar-refractivity contribution in [2.45, 2.75) is 61.7 Å². The molecule has 10 heteroatoms. The Kier molecular flexibility index (Phi) is 10.1. The molecule has 6 rings (SSSR count). The molecule has 3 aliphatic rings. The van der Waals surface area contributed by atoms with Crippen LogP contribution in [-0.2, 0) is 30.5 Å². The molecule has 3 aromatic carbocycles. The van der Waals surface area contributed by atoms with Crippen LogP contribution in [0.5, 0.6) is 0 Å². The Morgan fingerprint density at radius 3 is 2.31 bits per heavy atom. The van der Waals surface area contributed by atoms with Gasteiger partial charge in [-0.05, 0) is 12.0 Å². The summed E-state index contributed by atoms with van der Waals surface area (Å²) in [5.41, 5.74) is 4.09. The van der Waals surface area contributed by atoms with Crippen molar-refractivity contribution in [2.75, 3.05) is 19.3 Å². The van der Waals surface area contributed by atoms with Crippen LogP contribution in [0.25, 0.3) is 0 Å². The fourth-order valence-corrected chi connectivity index (χ4v) is 17.0. The first-order chi connectivity index (χ1) is 21.7. The SMILES string of the molecule is CS(=O)(=O)[As](CC1CC1)c1ccccc1C1CCN(C(=O)[C@@H](Cc2ccc(Cl)cc2)NC(=O)C2N[CH]Cc3ccccc32)CC1. The third kappa shape index (κ3) is 7.85. The second-order valence-electron chi connectivity index (χ2n) is 12.5. The van der Waals surface area contributed by atoms with Crippen molar-refractivity contribution < 1.29 is 18.0 Å². The molecule has 2 amide bonds.